The summed E-state index contributed by atoms with van der Waals surface area (Å²) in [6, 6.07) is 3.58. The van der Waals surface area contributed by atoms with E-state index in [1.54, 1.807) is 7.11 Å². The second-order valence-electron chi connectivity index (χ2n) is 8.32. The van der Waals surface area contributed by atoms with Gasteiger partial charge in [0.15, 0.2) is 11.5 Å². The van der Waals surface area contributed by atoms with Gasteiger partial charge in [-0.25, -0.2) is 0 Å². The first-order valence-corrected chi connectivity index (χ1v) is 11.7. The van der Waals surface area contributed by atoms with Crippen LogP contribution >= 0.6 is 0 Å². The molecule has 0 aliphatic carbocycles. The molecule has 1 saturated heterocycles. The summed E-state index contributed by atoms with van der Waals surface area (Å²) < 4.78 is 17.0. The van der Waals surface area contributed by atoms with Crippen LogP contribution in [0.25, 0.3) is 0 Å². The molecule has 1 heterocycles. The fraction of sp³-hybridized carbons (Fsp3) is 0.667. The predicted octanol–water partition coefficient (Wildman–Crippen LogP) is 3.00. The number of hydrogen-bond acceptors (Lipinski definition) is 7. The molecule has 1 aromatic rings. The first-order valence-electron chi connectivity index (χ1n) is 11.7. The van der Waals surface area contributed by atoms with E-state index >= 15 is 0 Å². The Bertz CT molecular complexity index is 771. The fourth-order valence-corrected chi connectivity index (χ4v) is 4.29. The third-order valence-corrected chi connectivity index (χ3v) is 6.04. The van der Waals surface area contributed by atoms with Crippen molar-refractivity contribution in [2.75, 3.05) is 40.5 Å². The van der Waals surface area contributed by atoms with Crippen molar-refractivity contribution in [3.05, 3.63) is 17.7 Å². The summed E-state index contributed by atoms with van der Waals surface area (Å²) >= 11 is 0. The lowest BCUT2D eigenvalue weighted by atomic mass is 9.90. The van der Waals surface area contributed by atoms with Crippen molar-refractivity contribution in [2.45, 2.75) is 58.0 Å². The molecule has 1 aliphatic heterocycles. The highest BCUT2D eigenvalue weighted by atomic mass is 16.5. The number of aliphatic carboxylic acids is 2. The van der Waals surface area contributed by atoms with Gasteiger partial charge in [-0.3, -0.25) is 14.5 Å². The summed E-state index contributed by atoms with van der Waals surface area (Å²) in [6.45, 7) is 4.94. The van der Waals surface area contributed by atoms with Gasteiger partial charge < -0.3 is 29.7 Å². The average Bonchev–Trinajstić information content (AvgIpc) is 2.80. The van der Waals surface area contributed by atoms with Gasteiger partial charge in [-0.2, -0.15) is 0 Å². The Morgan fingerprint density at radius 2 is 1.94 bits per heavy atom. The molecule has 1 aromatic carbocycles. The average molecular weight is 467 g/mol. The van der Waals surface area contributed by atoms with Crippen LogP contribution in [0.15, 0.2) is 12.1 Å². The zero-order chi connectivity index (χ0) is 24.2. The molecular formula is C24H38N2O7. The molecule has 0 amide bonds. The van der Waals surface area contributed by atoms with Crippen LogP contribution in [-0.2, 0) is 16.1 Å². The molecular weight excluding hydrogens is 428 g/mol. The Hall–Kier alpha value is -2.52. The van der Waals surface area contributed by atoms with Crippen molar-refractivity contribution in [1.82, 2.24) is 10.2 Å². The molecule has 1 aliphatic rings. The van der Waals surface area contributed by atoms with E-state index in [9.17, 15) is 14.7 Å². The van der Waals surface area contributed by atoms with Crippen LogP contribution in [0.5, 0.6) is 17.2 Å². The molecule has 3 N–H and O–H groups in total. The maximum Gasteiger partial charge on any atom is 0.308 e. The van der Waals surface area contributed by atoms with E-state index in [0.29, 0.717) is 43.2 Å². The first-order chi connectivity index (χ1) is 15.9. The van der Waals surface area contributed by atoms with Gasteiger partial charge >= 0.3 is 11.9 Å². The second kappa shape index (κ2) is 13.9. The number of methoxy groups -OCH3 is 2. The lowest BCUT2D eigenvalue weighted by Gasteiger charge is -2.39. The molecule has 0 radical (unpaired) electrons. The summed E-state index contributed by atoms with van der Waals surface area (Å²) in [5, 5.41) is 22.2. The van der Waals surface area contributed by atoms with E-state index in [1.807, 2.05) is 12.1 Å². The number of piperazine rings is 1. The Balaban J connectivity index is 2.27. The molecule has 2 rings (SSSR count). The molecule has 2 atom stereocenters. The van der Waals surface area contributed by atoms with Crippen LogP contribution in [0.2, 0.25) is 0 Å². The number of carboxylic acid groups (broad SMARTS) is 2. The molecule has 0 bridgehead atoms. The maximum absolute atomic E-state index is 12.1. The number of ether oxygens (including phenoxy) is 3. The number of carbonyl (C=O) groups is 2. The summed E-state index contributed by atoms with van der Waals surface area (Å²) in [4.78, 5) is 25.2. The van der Waals surface area contributed by atoms with Gasteiger partial charge in [0, 0.05) is 44.2 Å². The van der Waals surface area contributed by atoms with Gasteiger partial charge in [-0.05, 0) is 18.9 Å². The predicted molar refractivity (Wildman–Crippen MR) is 124 cm³/mol. The Morgan fingerprint density at radius 3 is 2.58 bits per heavy atom. The van der Waals surface area contributed by atoms with Gasteiger partial charge in [0.05, 0.1) is 26.7 Å². The van der Waals surface area contributed by atoms with Crippen LogP contribution < -0.4 is 19.5 Å². The summed E-state index contributed by atoms with van der Waals surface area (Å²) in [5.41, 5.74) is 0.854. The molecule has 9 heteroatoms. The van der Waals surface area contributed by atoms with Gasteiger partial charge in [-0.1, -0.05) is 32.3 Å². The Morgan fingerprint density at radius 1 is 1.15 bits per heavy atom. The third-order valence-electron chi connectivity index (χ3n) is 6.04. The number of nitrogens with one attached hydrogen (secondary N) is 1. The monoisotopic (exact) mass is 466 g/mol. The highest BCUT2D eigenvalue weighted by molar-refractivity contribution is 5.71. The second-order valence-corrected chi connectivity index (χ2v) is 8.32. The fourth-order valence-electron chi connectivity index (χ4n) is 4.29. The molecule has 2 unspecified atom stereocenters. The quantitative estimate of drug-likeness (QED) is 0.335. The van der Waals surface area contributed by atoms with Crippen molar-refractivity contribution in [3.63, 3.8) is 0 Å². The topological polar surface area (TPSA) is 118 Å². The van der Waals surface area contributed by atoms with E-state index in [4.69, 9.17) is 19.3 Å². The molecule has 0 aromatic heterocycles. The smallest absolute Gasteiger partial charge is 0.308 e. The van der Waals surface area contributed by atoms with Crippen LogP contribution in [0.1, 0.15) is 51.0 Å². The van der Waals surface area contributed by atoms with Crippen molar-refractivity contribution in [3.8, 4) is 17.2 Å². The number of carboxylic acids is 2. The van der Waals surface area contributed by atoms with Crippen LogP contribution in [0.4, 0.5) is 0 Å². The summed E-state index contributed by atoms with van der Waals surface area (Å²) in [5.74, 6) is -0.601. The molecule has 1 fully saturated rings. The molecule has 0 spiro atoms. The highest BCUT2D eigenvalue weighted by Crippen LogP contribution is 2.41. The molecule has 33 heavy (non-hydrogen) atoms. The maximum atomic E-state index is 12.1. The third kappa shape index (κ3) is 7.78. The number of nitrogens with zero attached hydrogens (tertiary/aromatic N) is 1. The number of rotatable bonds is 15. The molecule has 186 valence electrons. The van der Waals surface area contributed by atoms with Crippen LogP contribution in [0.3, 0.4) is 0 Å². The van der Waals surface area contributed by atoms with Gasteiger partial charge in [0.25, 0.3) is 0 Å². The zero-order valence-corrected chi connectivity index (χ0v) is 20.0. The van der Waals surface area contributed by atoms with Crippen molar-refractivity contribution >= 4 is 11.9 Å². The minimum atomic E-state index is -0.872. The van der Waals surface area contributed by atoms with E-state index in [1.165, 1.54) is 7.11 Å². The van der Waals surface area contributed by atoms with E-state index in [0.717, 1.165) is 37.9 Å². The highest BCUT2D eigenvalue weighted by Gasteiger charge is 2.34. The largest absolute Gasteiger partial charge is 0.493 e. The SMILES string of the molecule is CCCCCC(C(=O)O)C1CNCCN1Cc1ccc(OC)c(OC)c1OCCCC(=O)O. The number of unbranched alkanes of at least 4 members (excludes halogenated alkanes) is 2. The molecule has 0 saturated carbocycles. The minimum Gasteiger partial charge on any atom is -0.493 e. The van der Waals surface area contributed by atoms with Crippen molar-refractivity contribution in [2.24, 2.45) is 5.92 Å². The number of hydrogen-bond donors (Lipinski definition) is 3. The Kier molecular flexibility index (Phi) is 11.3. The summed E-state index contributed by atoms with van der Waals surface area (Å²) in [7, 11) is 3.08. The zero-order valence-electron chi connectivity index (χ0n) is 20.0. The number of benzene rings is 1. The van der Waals surface area contributed by atoms with Gasteiger partial charge in [0.1, 0.15) is 0 Å². The summed E-state index contributed by atoms with van der Waals surface area (Å²) in [6.07, 6.45) is 3.99. The van der Waals surface area contributed by atoms with Crippen molar-refractivity contribution < 1.29 is 34.0 Å². The van der Waals surface area contributed by atoms with Crippen LogP contribution in [-0.4, -0.2) is 73.6 Å². The van der Waals surface area contributed by atoms with E-state index in [2.05, 4.69) is 17.1 Å². The van der Waals surface area contributed by atoms with E-state index in [-0.39, 0.29) is 19.1 Å². The van der Waals surface area contributed by atoms with E-state index < -0.39 is 17.9 Å². The standard InChI is InChI=1S/C24H38N2O7/c1-4-5-6-8-18(24(29)30)19-15-25-12-13-26(19)16-17-10-11-20(31-2)23(32-3)22(17)33-14-7-9-21(27)28/h10-11,18-19,25H,4-9,12-16H2,1-3H3,(H,27,28)(H,29,30). The first kappa shape index (κ1) is 26.7. The Labute approximate surface area is 196 Å². The normalized spacial score (nSPS) is 17.4. The van der Waals surface area contributed by atoms with Crippen LogP contribution in [0, 0.1) is 5.92 Å². The molecule has 9 nitrogen and oxygen atoms in total. The van der Waals surface area contributed by atoms with Crippen molar-refractivity contribution in [1.29, 1.82) is 0 Å². The van der Waals surface area contributed by atoms with Gasteiger partial charge in [-0.15, -0.1) is 0 Å². The van der Waals surface area contributed by atoms with Gasteiger partial charge in [0.2, 0.25) is 5.75 Å². The lowest BCUT2D eigenvalue weighted by Crippen LogP contribution is -2.55. The lowest BCUT2D eigenvalue weighted by molar-refractivity contribution is -0.145. The minimum absolute atomic E-state index is 0.0134.